The van der Waals surface area contributed by atoms with Crippen LogP contribution in [0.5, 0.6) is 11.5 Å². The molecular weight excluding hydrogens is 377 g/mol. The molecule has 0 aliphatic rings. The second-order valence-corrected chi connectivity index (χ2v) is 6.13. The van der Waals surface area contributed by atoms with Gasteiger partial charge in [-0.1, -0.05) is 24.3 Å². The molecule has 0 spiro atoms. The Hall–Kier alpha value is -3.35. The van der Waals surface area contributed by atoms with Gasteiger partial charge in [0.25, 0.3) is 5.91 Å². The van der Waals surface area contributed by atoms with Crippen molar-refractivity contribution in [3.8, 4) is 11.5 Å². The molecule has 0 heterocycles. The molecule has 0 unspecified atom stereocenters. The number of esters is 1. The summed E-state index contributed by atoms with van der Waals surface area (Å²) >= 11 is 0. The van der Waals surface area contributed by atoms with E-state index < -0.39 is 24.3 Å². The number of methoxy groups -OCH3 is 1. The number of ether oxygens (including phenoxy) is 3. The van der Waals surface area contributed by atoms with Crippen LogP contribution in [0.3, 0.4) is 0 Å². The van der Waals surface area contributed by atoms with Crippen LogP contribution in [0.4, 0.5) is 4.39 Å². The zero-order valence-electron chi connectivity index (χ0n) is 16.7. The second-order valence-electron chi connectivity index (χ2n) is 6.13. The van der Waals surface area contributed by atoms with E-state index in [1.165, 1.54) is 31.2 Å². The van der Waals surface area contributed by atoms with Gasteiger partial charge < -0.3 is 19.1 Å². The first kappa shape index (κ1) is 21.9. The highest BCUT2D eigenvalue weighted by molar-refractivity contribution is 5.89. The van der Waals surface area contributed by atoms with E-state index in [4.69, 9.17) is 14.2 Å². The fraction of sp³-hybridized carbons (Fsp3) is 0.273. The minimum Gasteiger partial charge on any atom is -0.493 e. The number of hydrogen-bond acceptors (Lipinski definition) is 5. The Balaban J connectivity index is 1.87. The molecule has 2 rings (SSSR count). The largest absolute Gasteiger partial charge is 0.493 e. The third-order valence-electron chi connectivity index (χ3n) is 4.03. The summed E-state index contributed by atoms with van der Waals surface area (Å²) in [5.74, 6) is -0.327. The first-order chi connectivity index (χ1) is 13.9. The summed E-state index contributed by atoms with van der Waals surface area (Å²) in [7, 11) is 3.05. The van der Waals surface area contributed by atoms with Crippen LogP contribution in [0.1, 0.15) is 18.1 Å². The first-order valence-electron chi connectivity index (χ1n) is 9.07. The first-order valence-corrected chi connectivity index (χ1v) is 9.07. The molecule has 1 amide bonds. The molecule has 29 heavy (non-hydrogen) atoms. The molecule has 2 aromatic rings. The minimum absolute atomic E-state index is 0.0882. The summed E-state index contributed by atoms with van der Waals surface area (Å²) in [5, 5.41) is 0. The monoisotopic (exact) mass is 401 g/mol. The van der Waals surface area contributed by atoms with Gasteiger partial charge in [0.05, 0.1) is 13.7 Å². The number of likely N-dealkylation sites (N-methyl/N-ethyl adjacent to an activating group) is 1. The summed E-state index contributed by atoms with van der Waals surface area (Å²) < 4.78 is 29.3. The zero-order valence-corrected chi connectivity index (χ0v) is 16.7. The average Bonchev–Trinajstić information content (AvgIpc) is 2.72. The fourth-order valence-electron chi connectivity index (χ4n) is 2.49. The summed E-state index contributed by atoms with van der Waals surface area (Å²) in [6.45, 7) is 2.04. The van der Waals surface area contributed by atoms with Crippen molar-refractivity contribution >= 4 is 18.0 Å². The van der Waals surface area contributed by atoms with Gasteiger partial charge in [-0.25, -0.2) is 9.18 Å². The van der Waals surface area contributed by atoms with Crippen LogP contribution in [0.2, 0.25) is 0 Å². The summed E-state index contributed by atoms with van der Waals surface area (Å²) in [4.78, 5) is 25.3. The second kappa shape index (κ2) is 10.8. The lowest BCUT2D eigenvalue weighted by atomic mass is 10.2. The molecule has 7 heteroatoms. The van der Waals surface area contributed by atoms with Crippen molar-refractivity contribution < 1.29 is 28.2 Å². The highest BCUT2D eigenvalue weighted by atomic mass is 19.1. The molecule has 0 saturated carbocycles. The van der Waals surface area contributed by atoms with Crippen LogP contribution in [-0.4, -0.2) is 44.1 Å². The smallest absolute Gasteiger partial charge is 0.331 e. The van der Waals surface area contributed by atoms with Crippen LogP contribution >= 0.6 is 0 Å². The van der Waals surface area contributed by atoms with Crippen LogP contribution in [0.15, 0.2) is 48.5 Å². The number of benzene rings is 2. The van der Waals surface area contributed by atoms with Crippen LogP contribution < -0.4 is 9.47 Å². The molecule has 0 aliphatic heterocycles. The normalized spacial score (nSPS) is 10.6. The Kier molecular flexibility index (Phi) is 8.21. The number of halogens is 1. The number of nitrogens with zero attached hydrogens (tertiary/aromatic N) is 1. The van der Waals surface area contributed by atoms with Gasteiger partial charge in [-0.3, -0.25) is 4.79 Å². The number of carbonyl (C=O) groups excluding carboxylic acids is 2. The Labute approximate surface area is 169 Å². The highest BCUT2D eigenvalue weighted by Gasteiger charge is 2.13. The number of rotatable bonds is 9. The maximum absolute atomic E-state index is 13.7. The van der Waals surface area contributed by atoms with Crippen molar-refractivity contribution in [2.75, 3.05) is 27.4 Å². The Morgan fingerprint density at radius 1 is 1.14 bits per heavy atom. The third kappa shape index (κ3) is 6.64. The Morgan fingerprint density at radius 2 is 1.90 bits per heavy atom. The fourth-order valence-corrected chi connectivity index (χ4v) is 2.49. The highest BCUT2D eigenvalue weighted by Crippen LogP contribution is 2.28. The van der Waals surface area contributed by atoms with Gasteiger partial charge in [0.15, 0.2) is 18.1 Å². The van der Waals surface area contributed by atoms with E-state index in [9.17, 15) is 14.0 Å². The third-order valence-corrected chi connectivity index (χ3v) is 4.03. The van der Waals surface area contributed by atoms with Crippen molar-refractivity contribution in [2.45, 2.75) is 13.5 Å². The van der Waals surface area contributed by atoms with Crippen molar-refractivity contribution in [3.63, 3.8) is 0 Å². The maximum Gasteiger partial charge on any atom is 0.331 e. The summed E-state index contributed by atoms with van der Waals surface area (Å²) in [5.41, 5.74) is 1.10. The minimum atomic E-state index is -0.662. The van der Waals surface area contributed by atoms with Gasteiger partial charge in [-0.2, -0.15) is 0 Å². The van der Waals surface area contributed by atoms with Crippen LogP contribution in [0, 0.1) is 5.82 Å². The Morgan fingerprint density at radius 3 is 2.59 bits per heavy atom. The molecule has 0 aliphatic carbocycles. The number of carbonyl (C=O) groups is 2. The van der Waals surface area contributed by atoms with Crippen molar-refractivity contribution in [3.05, 3.63) is 65.5 Å². The molecule has 0 bridgehead atoms. The van der Waals surface area contributed by atoms with Crippen molar-refractivity contribution in [1.29, 1.82) is 0 Å². The molecule has 0 saturated heterocycles. The van der Waals surface area contributed by atoms with Gasteiger partial charge in [-0.05, 0) is 36.8 Å². The zero-order chi connectivity index (χ0) is 21.2. The number of hydrogen-bond donors (Lipinski definition) is 0. The van der Waals surface area contributed by atoms with Crippen LogP contribution in [0.25, 0.3) is 6.08 Å². The molecule has 6 nitrogen and oxygen atoms in total. The van der Waals surface area contributed by atoms with E-state index in [1.807, 2.05) is 6.92 Å². The van der Waals surface area contributed by atoms with E-state index in [0.29, 0.717) is 29.2 Å². The predicted molar refractivity (Wildman–Crippen MR) is 107 cm³/mol. The predicted octanol–water partition coefficient (Wildman–Crippen LogP) is 3.45. The Bertz CT molecular complexity index is 881. The van der Waals surface area contributed by atoms with E-state index in [1.54, 1.807) is 42.5 Å². The maximum atomic E-state index is 13.7. The lowest BCUT2D eigenvalue weighted by Crippen LogP contribution is -2.30. The van der Waals surface area contributed by atoms with E-state index >= 15 is 0 Å². The van der Waals surface area contributed by atoms with E-state index in [-0.39, 0.29) is 6.54 Å². The summed E-state index contributed by atoms with van der Waals surface area (Å²) in [6, 6.07) is 11.4. The van der Waals surface area contributed by atoms with Crippen molar-refractivity contribution in [2.24, 2.45) is 0 Å². The number of amides is 1. The van der Waals surface area contributed by atoms with Gasteiger partial charge in [-0.15, -0.1) is 0 Å². The van der Waals surface area contributed by atoms with Crippen LogP contribution in [-0.2, 0) is 20.9 Å². The molecule has 154 valence electrons. The van der Waals surface area contributed by atoms with E-state index in [0.717, 1.165) is 0 Å². The molecule has 2 aromatic carbocycles. The quantitative estimate of drug-likeness (QED) is 0.476. The molecule has 0 N–H and O–H groups in total. The lowest BCUT2D eigenvalue weighted by Gasteiger charge is -2.17. The summed E-state index contributed by atoms with van der Waals surface area (Å²) in [6.07, 6.45) is 2.77. The average molecular weight is 401 g/mol. The van der Waals surface area contributed by atoms with Gasteiger partial charge in [0.2, 0.25) is 0 Å². The molecule has 0 fully saturated rings. The molecular formula is C22H24FNO5. The molecule has 0 aromatic heterocycles. The van der Waals surface area contributed by atoms with E-state index in [2.05, 4.69) is 0 Å². The van der Waals surface area contributed by atoms with Gasteiger partial charge in [0.1, 0.15) is 5.82 Å². The molecule has 0 radical (unpaired) electrons. The lowest BCUT2D eigenvalue weighted by molar-refractivity contribution is -0.147. The SMILES string of the molecule is CCOc1ccc(/C=C/C(=O)OCC(=O)N(C)Cc2ccccc2F)cc1OC. The van der Waals surface area contributed by atoms with Gasteiger partial charge in [0, 0.05) is 25.2 Å². The standard InChI is InChI=1S/C22H24FNO5/c1-4-28-19-11-9-16(13-20(19)27-3)10-12-22(26)29-15-21(25)24(2)14-17-7-5-6-8-18(17)23/h5-13H,4,14-15H2,1-3H3/b12-10+. The molecule has 0 atom stereocenters. The topological polar surface area (TPSA) is 65.1 Å². The van der Waals surface area contributed by atoms with Crippen molar-refractivity contribution in [1.82, 2.24) is 4.90 Å². The van der Waals surface area contributed by atoms with Gasteiger partial charge >= 0.3 is 5.97 Å².